The van der Waals surface area contributed by atoms with E-state index in [0.717, 1.165) is 25.1 Å². The van der Waals surface area contributed by atoms with Crippen molar-refractivity contribution < 1.29 is 24.2 Å². The third kappa shape index (κ3) is 3.13. The Kier molecular flexibility index (Phi) is 5.02. The zero-order valence-electron chi connectivity index (χ0n) is 15.2. The molecule has 0 aliphatic carbocycles. The maximum absolute atomic E-state index is 12.7. The van der Waals surface area contributed by atoms with Crippen molar-refractivity contribution in [3.8, 4) is 0 Å². The first kappa shape index (κ1) is 18.1. The summed E-state index contributed by atoms with van der Waals surface area (Å²) in [5.41, 5.74) is 0.475. The Bertz CT molecular complexity index is 625. The second kappa shape index (κ2) is 6.92. The van der Waals surface area contributed by atoms with Gasteiger partial charge in [-0.15, -0.1) is 0 Å². The Morgan fingerprint density at radius 2 is 2.20 bits per heavy atom. The second-order valence-corrected chi connectivity index (χ2v) is 7.52. The van der Waals surface area contributed by atoms with E-state index >= 15 is 0 Å². The fraction of sp³-hybridized carbons (Fsp3) is 0.684. The summed E-state index contributed by atoms with van der Waals surface area (Å²) in [6, 6.07) is -0.00733. The number of carbonyl (C=O) groups is 2. The first-order valence-corrected chi connectivity index (χ1v) is 8.98. The van der Waals surface area contributed by atoms with E-state index in [1.807, 2.05) is 6.92 Å². The molecule has 0 radical (unpaired) electrons. The first-order chi connectivity index (χ1) is 11.9. The monoisotopic (exact) mass is 349 g/mol. The van der Waals surface area contributed by atoms with Gasteiger partial charge in [-0.25, -0.2) is 4.79 Å². The Morgan fingerprint density at radius 1 is 1.44 bits per heavy atom. The average molecular weight is 349 g/mol. The molecule has 4 unspecified atom stereocenters. The molecular weight excluding hydrogens is 322 g/mol. The van der Waals surface area contributed by atoms with Crippen molar-refractivity contribution in [1.82, 2.24) is 4.90 Å². The molecule has 0 amide bonds. The van der Waals surface area contributed by atoms with E-state index in [9.17, 15) is 14.7 Å². The summed E-state index contributed by atoms with van der Waals surface area (Å²) in [5, 5.41) is 9.84. The van der Waals surface area contributed by atoms with Crippen molar-refractivity contribution in [3.63, 3.8) is 0 Å². The minimum Gasteiger partial charge on any atom is -0.461 e. The number of cyclic esters (lactones) is 1. The fourth-order valence-corrected chi connectivity index (χ4v) is 3.95. The number of allylic oxidation sites excluding steroid dienone is 1. The number of carbonyl (C=O) groups excluding carboxylic acids is 2. The molecule has 2 saturated heterocycles. The number of esters is 2. The molecule has 25 heavy (non-hydrogen) atoms. The summed E-state index contributed by atoms with van der Waals surface area (Å²) < 4.78 is 11.4. The molecule has 1 N–H and O–H groups in total. The highest BCUT2D eigenvalue weighted by Crippen LogP contribution is 2.37. The van der Waals surface area contributed by atoms with Crippen molar-refractivity contribution in [3.05, 3.63) is 23.3 Å². The van der Waals surface area contributed by atoms with E-state index in [1.54, 1.807) is 19.9 Å². The smallest absolute Gasteiger partial charge is 0.334 e. The van der Waals surface area contributed by atoms with Gasteiger partial charge >= 0.3 is 11.9 Å². The first-order valence-electron chi connectivity index (χ1n) is 8.98. The number of nitrogens with zero attached hydrogens (tertiary/aromatic N) is 1. The van der Waals surface area contributed by atoms with E-state index in [-0.39, 0.29) is 37.2 Å². The van der Waals surface area contributed by atoms with Gasteiger partial charge in [0, 0.05) is 18.7 Å². The molecule has 4 atom stereocenters. The van der Waals surface area contributed by atoms with E-state index in [0.29, 0.717) is 12.0 Å². The lowest BCUT2D eigenvalue weighted by molar-refractivity contribution is -0.161. The molecule has 0 aromatic carbocycles. The highest BCUT2D eigenvalue weighted by molar-refractivity contribution is 5.89. The molecule has 0 spiro atoms. The Labute approximate surface area is 148 Å². The minimum absolute atomic E-state index is 0.00733. The van der Waals surface area contributed by atoms with Crippen molar-refractivity contribution in [1.29, 1.82) is 0 Å². The molecule has 0 aromatic heterocycles. The van der Waals surface area contributed by atoms with Crippen molar-refractivity contribution in [2.24, 2.45) is 11.3 Å². The molecule has 3 aliphatic heterocycles. The van der Waals surface area contributed by atoms with E-state index in [4.69, 9.17) is 9.47 Å². The van der Waals surface area contributed by atoms with Crippen LogP contribution in [0.5, 0.6) is 0 Å². The Balaban J connectivity index is 1.93. The Hall–Kier alpha value is -1.66. The maximum atomic E-state index is 12.7. The molecule has 0 bridgehead atoms. The van der Waals surface area contributed by atoms with Crippen LogP contribution >= 0.6 is 0 Å². The van der Waals surface area contributed by atoms with Crippen LogP contribution in [-0.2, 0) is 19.1 Å². The molecule has 6 heteroatoms. The largest absolute Gasteiger partial charge is 0.461 e. The standard InChI is InChI=1S/C19H27NO5/c1-4-13-9-12(2)19(3,11-21)18(23)24-10-14-5-7-20-8-6-15(16(14)20)25-17(13)22/h4-5,12,15-16,21H,6-11H2,1-3H3. The van der Waals surface area contributed by atoms with Crippen LogP contribution in [0.1, 0.15) is 33.6 Å². The van der Waals surface area contributed by atoms with Crippen molar-refractivity contribution in [2.45, 2.75) is 45.8 Å². The molecule has 0 aromatic rings. The second-order valence-electron chi connectivity index (χ2n) is 7.52. The quantitative estimate of drug-likeness (QED) is 0.439. The molecule has 3 aliphatic rings. The summed E-state index contributed by atoms with van der Waals surface area (Å²) >= 11 is 0. The third-order valence-electron chi connectivity index (χ3n) is 6.06. The summed E-state index contributed by atoms with van der Waals surface area (Å²) in [6.07, 6.45) is 4.76. The lowest BCUT2D eigenvalue weighted by Crippen LogP contribution is -2.42. The average Bonchev–Trinajstić information content (AvgIpc) is 3.18. The van der Waals surface area contributed by atoms with Crippen LogP contribution in [0.3, 0.4) is 0 Å². The van der Waals surface area contributed by atoms with E-state index in [2.05, 4.69) is 11.0 Å². The molecule has 0 saturated carbocycles. The highest BCUT2D eigenvalue weighted by atomic mass is 16.5. The van der Waals surface area contributed by atoms with Crippen LogP contribution in [0, 0.1) is 11.3 Å². The molecular formula is C19H27NO5. The van der Waals surface area contributed by atoms with E-state index in [1.165, 1.54) is 0 Å². The van der Waals surface area contributed by atoms with Crippen LogP contribution in [0.25, 0.3) is 0 Å². The summed E-state index contributed by atoms with van der Waals surface area (Å²) in [5.74, 6) is -0.987. The van der Waals surface area contributed by atoms with Gasteiger partial charge in [0.2, 0.25) is 0 Å². The summed E-state index contributed by atoms with van der Waals surface area (Å²) in [7, 11) is 0. The van der Waals surface area contributed by atoms with E-state index < -0.39 is 11.4 Å². The molecule has 138 valence electrons. The minimum atomic E-state index is -1.05. The third-order valence-corrected chi connectivity index (χ3v) is 6.06. The summed E-state index contributed by atoms with van der Waals surface area (Å²) in [4.78, 5) is 27.6. The summed E-state index contributed by atoms with van der Waals surface area (Å²) in [6.45, 7) is 6.87. The highest BCUT2D eigenvalue weighted by Gasteiger charge is 2.45. The maximum Gasteiger partial charge on any atom is 0.334 e. The van der Waals surface area contributed by atoms with Gasteiger partial charge < -0.3 is 14.6 Å². The topological polar surface area (TPSA) is 76.1 Å². The van der Waals surface area contributed by atoms with Gasteiger partial charge in [-0.2, -0.15) is 0 Å². The van der Waals surface area contributed by atoms with Crippen LogP contribution in [0.15, 0.2) is 23.3 Å². The number of ether oxygens (including phenoxy) is 2. The van der Waals surface area contributed by atoms with Gasteiger partial charge in [-0.1, -0.05) is 19.1 Å². The predicted molar refractivity (Wildman–Crippen MR) is 91.6 cm³/mol. The zero-order valence-corrected chi connectivity index (χ0v) is 15.2. The van der Waals surface area contributed by atoms with Gasteiger partial charge in [0.15, 0.2) is 0 Å². The normalized spacial score (nSPS) is 38.5. The van der Waals surface area contributed by atoms with Gasteiger partial charge in [-0.3, -0.25) is 9.69 Å². The number of aliphatic hydroxyl groups is 1. The number of aliphatic hydroxyl groups excluding tert-OH is 1. The number of hydrogen-bond donors (Lipinski definition) is 1. The zero-order chi connectivity index (χ0) is 18.2. The lowest BCUT2D eigenvalue weighted by Gasteiger charge is -2.33. The van der Waals surface area contributed by atoms with Crippen LogP contribution in [0.4, 0.5) is 0 Å². The lowest BCUT2D eigenvalue weighted by atomic mass is 9.75. The molecule has 2 fully saturated rings. The molecule has 6 nitrogen and oxygen atoms in total. The molecule has 3 heterocycles. The van der Waals surface area contributed by atoms with Gasteiger partial charge in [0.25, 0.3) is 0 Å². The Morgan fingerprint density at radius 3 is 2.88 bits per heavy atom. The van der Waals surface area contributed by atoms with Crippen LogP contribution < -0.4 is 0 Å². The molecule has 3 rings (SSSR count). The van der Waals surface area contributed by atoms with Crippen LogP contribution in [0.2, 0.25) is 0 Å². The van der Waals surface area contributed by atoms with Gasteiger partial charge in [0.1, 0.15) is 12.7 Å². The number of hydrogen-bond acceptors (Lipinski definition) is 6. The SMILES string of the molecule is CC=C1CC(C)C(C)(CO)C(=O)OCC2=CCN3CCC(OC1=O)C23. The fourth-order valence-electron chi connectivity index (χ4n) is 3.95. The van der Waals surface area contributed by atoms with Crippen molar-refractivity contribution >= 4 is 11.9 Å². The predicted octanol–water partition coefficient (Wildman–Crippen LogP) is 1.44. The van der Waals surface area contributed by atoms with Gasteiger partial charge in [0.05, 0.1) is 18.1 Å². The number of rotatable bonds is 1. The van der Waals surface area contributed by atoms with Crippen LogP contribution in [-0.4, -0.2) is 60.4 Å². The van der Waals surface area contributed by atoms with Gasteiger partial charge in [-0.05, 0) is 38.2 Å². The van der Waals surface area contributed by atoms with Crippen molar-refractivity contribution in [2.75, 3.05) is 26.3 Å².